The predicted octanol–water partition coefficient (Wildman–Crippen LogP) is 2.53. The quantitative estimate of drug-likeness (QED) is 0.712. The molecule has 3 aromatic rings. The van der Waals surface area contributed by atoms with Crippen molar-refractivity contribution in [2.45, 2.75) is 24.4 Å². The number of nitrogens with zero attached hydrogens (tertiary/aromatic N) is 5. The fourth-order valence-electron chi connectivity index (χ4n) is 3.28. The van der Waals surface area contributed by atoms with Crippen molar-refractivity contribution in [2.75, 3.05) is 17.6 Å². The minimum Gasteiger partial charge on any atom is -0.382 e. The van der Waals surface area contributed by atoms with Crippen LogP contribution in [0.1, 0.15) is 18.5 Å². The zero-order valence-electron chi connectivity index (χ0n) is 14.3. The maximum Gasteiger partial charge on any atom is 0.222 e. The average molecular weight is 369 g/mol. The fourth-order valence-corrected chi connectivity index (χ4v) is 3.28. The Labute approximate surface area is 154 Å². The van der Waals surface area contributed by atoms with Crippen molar-refractivity contribution in [1.82, 2.24) is 25.1 Å². The summed E-state index contributed by atoms with van der Waals surface area (Å²) in [5.41, 5.74) is 6.39. The lowest BCUT2D eigenvalue weighted by molar-refractivity contribution is 0.0963. The number of hydrogen-bond donors (Lipinski definition) is 2. The van der Waals surface area contributed by atoms with Gasteiger partial charge in [-0.1, -0.05) is 0 Å². The molecule has 0 spiro atoms. The van der Waals surface area contributed by atoms with E-state index in [1.54, 1.807) is 24.5 Å². The summed E-state index contributed by atoms with van der Waals surface area (Å²) >= 11 is 0. The van der Waals surface area contributed by atoms with Gasteiger partial charge in [0.05, 0.1) is 11.4 Å². The van der Waals surface area contributed by atoms with Crippen LogP contribution >= 0.6 is 0 Å². The molecule has 1 aliphatic rings. The molecule has 0 unspecified atom stereocenters. The van der Waals surface area contributed by atoms with E-state index in [4.69, 9.17) is 5.73 Å². The molecule has 3 N–H and O–H groups in total. The third-order valence-corrected chi connectivity index (χ3v) is 4.70. The molecule has 138 valence electrons. The van der Waals surface area contributed by atoms with Gasteiger partial charge < -0.3 is 11.1 Å². The maximum absolute atomic E-state index is 14.2. The highest BCUT2D eigenvalue weighted by Crippen LogP contribution is 2.45. The number of nitrogens with one attached hydrogen (secondary N) is 1. The summed E-state index contributed by atoms with van der Waals surface area (Å²) in [7, 11) is 0. The van der Waals surface area contributed by atoms with E-state index in [0.29, 0.717) is 29.6 Å². The molecule has 1 aliphatic carbocycles. The van der Waals surface area contributed by atoms with Crippen molar-refractivity contribution in [3.63, 3.8) is 0 Å². The van der Waals surface area contributed by atoms with Gasteiger partial charge in [0.25, 0.3) is 0 Å². The summed E-state index contributed by atoms with van der Waals surface area (Å²) in [5.74, 6) is 0.265. The number of pyridine rings is 1. The number of anilines is 2. The molecule has 1 fully saturated rings. The third kappa shape index (κ3) is 3.40. The summed E-state index contributed by atoms with van der Waals surface area (Å²) < 4.78 is 27.8. The van der Waals surface area contributed by atoms with Crippen molar-refractivity contribution in [3.8, 4) is 11.3 Å². The van der Waals surface area contributed by atoms with E-state index in [-0.39, 0.29) is 18.5 Å². The molecule has 4 rings (SSSR count). The highest BCUT2D eigenvalue weighted by atomic mass is 19.1. The van der Waals surface area contributed by atoms with Gasteiger partial charge in [-0.05, 0) is 37.1 Å². The lowest BCUT2D eigenvalue weighted by Gasteiger charge is -2.43. The Hall–Kier alpha value is -3.23. The Kier molecular flexibility index (Phi) is 4.35. The first-order chi connectivity index (χ1) is 13.1. The first-order valence-electron chi connectivity index (χ1n) is 8.46. The molecule has 0 saturated heterocycles. The van der Waals surface area contributed by atoms with Gasteiger partial charge in [-0.15, -0.1) is 10.2 Å². The number of rotatable bonds is 5. The maximum atomic E-state index is 14.2. The number of alkyl halides is 1. The summed E-state index contributed by atoms with van der Waals surface area (Å²) in [5, 5.41) is 10.8. The van der Waals surface area contributed by atoms with Crippen LogP contribution in [0.3, 0.4) is 0 Å². The number of nitrogen functional groups attached to an aromatic ring is 1. The van der Waals surface area contributed by atoms with Crippen LogP contribution in [0.5, 0.6) is 0 Å². The van der Waals surface area contributed by atoms with Crippen LogP contribution in [0.25, 0.3) is 11.3 Å². The van der Waals surface area contributed by atoms with Gasteiger partial charge in [0.15, 0.2) is 0 Å². The molecule has 0 amide bonds. The zero-order chi connectivity index (χ0) is 18.9. The van der Waals surface area contributed by atoms with E-state index in [1.165, 1.54) is 18.3 Å². The lowest BCUT2D eigenvalue weighted by Crippen LogP contribution is -2.49. The first-order valence-corrected chi connectivity index (χ1v) is 8.46. The molecule has 9 heteroatoms. The standard InChI is InChI=1S/C18H17F2N7/c19-12-6-18(7-12,16-13(20)2-1-5-22-16)10-25-17-23-8-11(9-24-17)14-3-4-15(21)27-26-14/h1-5,8-9,12H,6-7,10H2,(H2,21,27)(H,23,24,25)/t12-,18-. The SMILES string of the molecule is Nc1ccc(-c2cnc(NC[C@]3(c4ncccc4F)C[C@H](F)C3)nc2)nn1. The number of aromatic nitrogens is 5. The van der Waals surface area contributed by atoms with Crippen molar-refractivity contribution < 1.29 is 8.78 Å². The van der Waals surface area contributed by atoms with Crippen LogP contribution in [-0.4, -0.2) is 37.9 Å². The van der Waals surface area contributed by atoms with E-state index in [1.807, 2.05) is 0 Å². The molecule has 0 atom stereocenters. The van der Waals surface area contributed by atoms with Gasteiger partial charge in [-0.25, -0.2) is 18.7 Å². The monoisotopic (exact) mass is 369 g/mol. The molecule has 3 heterocycles. The van der Waals surface area contributed by atoms with E-state index in [9.17, 15) is 8.78 Å². The molecule has 0 bridgehead atoms. The largest absolute Gasteiger partial charge is 0.382 e. The highest BCUT2D eigenvalue weighted by molar-refractivity contribution is 5.57. The molecule has 3 aromatic heterocycles. The number of hydrogen-bond acceptors (Lipinski definition) is 7. The van der Waals surface area contributed by atoms with Gasteiger partial charge in [-0.3, -0.25) is 4.98 Å². The van der Waals surface area contributed by atoms with E-state index < -0.39 is 17.4 Å². The Bertz CT molecular complexity index is 925. The molecule has 0 aromatic carbocycles. The van der Waals surface area contributed by atoms with Crippen LogP contribution in [0, 0.1) is 5.82 Å². The summed E-state index contributed by atoms with van der Waals surface area (Å²) in [4.78, 5) is 12.6. The van der Waals surface area contributed by atoms with Crippen molar-refractivity contribution in [3.05, 3.63) is 54.4 Å². The normalized spacial score (nSPS) is 21.5. The van der Waals surface area contributed by atoms with E-state index in [2.05, 4.69) is 30.5 Å². The molecule has 27 heavy (non-hydrogen) atoms. The summed E-state index contributed by atoms with van der Waals surface area (Å²) in [6.07, 6.45) is 4.19. The van der Waals surface area contributed by atoms with Gasteiger partial charge in [0.2, 0.25) is 5.95 Å². The third-order valence-electron chi connectivity index (χ3n) is 4.70. The van der Waals surface area contributed by atoms with Gasteiger partial charge in [0.1, 0.15) is 17.8 Å². The Morgan fingerprint density at radius 1 is 1.11 bits per heavy atom. The van der Waals surface area contributed by atoms with Gasteiger partial charge >= 0.3 is 0 Å². The highest BCUT2D eigenvalue weighted by Gasteiger charge is 2.48. The molecular formula is C18H17F2N7. The zero-order valence-corrected chi connectivity index (χ0v) is 14.3. The number of halogens is 2. The minimum absolute atomic E-state index is 0.215. The molecule has 1 saturated carbocycles. The minimum atomic E-state index is -0.958. The van der Waals surface area contributed by atoms with Crippen LogP contribution in [0.4, 0.5) is 20.5 Å². The second-order valence-electron chi connectivity index (χ2n) is 6.61. The second kappa shape index (κ2) is 6.82. The van der Waals surface area contributed by atoms with Crippen molar-refractivity contribution >= 4 is 11.8 Å². The van der Waals surface area contributed by atoms with Crippen LogP contribution in [0.2, 0.25) is 0 Å². The lowest BCUT2D eigenvalue weighted by atomic mass is 9.65. The summed E-state index contributed by atoms with van der Waals surface area (Å²) in [6.45, 7) is 0.294. The van der Waals surface area contributed by atoms with Crippen LogP contribution in [-0.2, 0) is 5.41 Å². The molecular weight excluding hydrogens is 352 g/mol. The second-order valence-corrected chi connectivity index (χ2v) is 6.61. The van der Waals surface area contributed by atoms with Gasteiger partial charge in [0, 0.05) is 36.1 Å². The van der Waals surface area contributed by atoms with Crippen molar-refractivity contribution in [1.29, 1.82) is 0 Å². The van der Waals surface area contributed by atoms with E-state index >= 15 is 0 Å². The topological polar surface area (TPSA) is 102 Å². The molecule has 0 radical (unpaired) electrons. The summed E-state index contributed by atoms with van der Waals surface area (Å²) in [6, 6.07) is 6.23. The Morgan fingerprint density at radius 2 is 1.89 bits per heavy atom. The van der Waals surface area contributed by atoms with Crippen LogP contribution in [0.15, 0.2) is 42.9 Å². The Balaban J connectivity index is 1.49. The Morgan fingerprint density at radius 3 is 2.52 bits per heavy atom. The van der Waals surface area contributed by atoms with Crippen LogP contribution < -0.4 is 11.1 Å². The van der Waals surface area contributed by atoms with Crippen molar-refractivity contribution in [2.24, 2.45) is 0 Å². The molecule has 0 aliphatic heterocycles. The van der Waals surface area contributed by atoms with Gasteiger partial charge in [-0.2, -0.15) is 0 Å². The number of nitrogens with two attached hydrogens (primary N) is 1. The molecule has 7 nitrogen and oxygen atoms in total. The average Bonchev–Trinajstić information content (AvgIpc) is 2.66. The predicted molar refractivity (Wildman–Crippen MR) is 96.0 cm³/mol. The van der Waals surface area contributed by atoms with E-state index in [0.717, 1.165) is 0 Å². The first kappa shape index (κ1) is 17.2. The fraction of sp³-hybridized carbons (Fsp3) is 0.278. The smallest absolute Gasteiger partial charge is 0.222 e.